The van der Waals surface area contributed by atoms with E-state index in [1.165, 1.54) is 24.5 Å². The maximum atomic E-state index is 13.6. The number of esters is 1. The van der Waals surface area contributed by atoms with Crippen molar-refractivity contribution < 1.29 is 13.9 Å². The zero-order valence-corrected chi connectivity index (χ0v) is 13.5. The summed E-state index contributed by atoms with van der Waals surface area (Å²) in [7, 11) is 1.32. The second-order valence-corrected chi connectivity index (χ2v) is 5.98. The number of hydrogen-bond donors (Lipinski definition) is 1. The highest BCUT2D eigenvalue weighted by molar-refractivity contribution is 9.10. The van der Waals surface area contributed by atoms with Crippen molar-refractivity contribution in [3.63, 3.8) is 0 Å². The number of halogens is 2. The summed E-state index contributed by atoms with van der Waals surface area (Å²) in [6, 6.07) is 3.06. The minimum absolute atomic E-state index is 0.362. The first kappa shape index (κ1) is 14.9. The van der Waals surface area contributed by atoms with Crippen molar-refractivity contribution in [2.45, 2.75) is 13.8 Å². The van der Waals surface area contributed by atoms with E-state index in [1.54, 1.807) is 13.0 Å². The largest absolute Gasteiger partial charge is 0.465 e. The molecule has 1 heterocycles. The smallest absolute Gasteiger partial charge is 0.350 e. The number of anilines is 2. The van der Waals surface area contributed by atoms with Gasteiger partial charge in [0.1, 0.15) is 10.7 Å². The van der Waals surface area contributed by atoms with Gasteiger partial charge in [-0.05, 0) is 47.5 Å². The van der Waals surface area contributed by atoms with E-state index in [4.69, 9.17) is 0 Å². The molecule has 2 aromatic rings. The molecule has 0 amide bonds. The van der Waals surface area contributed by atoms with Crippen LogP contribution >= 0.6 is 27.3 Å². The molecule has 0 fully saturated rings. The number of ether oxygens (including phenoxy) is 1. The van der Waals surface area contributed by atoms with Crippen LogP contribution in [0, 0.1) is 19.7 Å². The summed E-state index contributed by atoms with van der Waals surface area (Å²) in [5.74, 6) is -0.786. The molecule has 0 radical (unpaired) electrons. The highest BCUT2D eigenvalue weighted by Gasteiger charge is 2.16. The molecule has 1 N–H and O–H groups in total. The third kappa shape index (κ3) is 2.99. The number of methoxy groups -OCH3 is 1. The molecule has 0 bridgehead atoms. The Morgan fingerprint density at radius 1 is 1.45 bits per heavy atom. The van der Waals surface area contributed by atoms with Gasteiger partial charge in [-0.3, -0.25) is 0 Å². The van der Waals surface area contributed by atoms with Gasteiger partial charge in [-0.2, -0.15) is 0 Å². The van der Waals surface area contributed by atoms with E-state index in [0.29, 0.717) is 25.9 Å². The maximum absolute atomic E-state index is 13.6. The van der Waals surface area contributed by atoms with Crippen molar-refractivity contribution in [2.24, 2.45) is 0 Å². The molecule has 0 saturated heterocycles. The van der Waals surface area contributed by atoms with Crippen LogP contribution in [-0.4, -0.2) is 18.1 Å². The molecule has 7 heteroatoms. The van der Waals surface area contributed by atoms with Crippen molar-refractivity contribution >= 4 is 44.1 Å². The number of aromatic nitrogens is 1. The van der Waals surface area contributed by atoms with Crippen molar-refractivity contribution in [1.82, 2.24) is 4.98 Å². The van der Waals surface area contributed by atoms with Crippen LogP contribution in [0.5, 0.6) is 0 Å². The number of hydrogen-bond acceptors (Lipinski definition) is 5. The Kier molecular flexibility index (Phi) is 4.39. The molecule has 0 saturated carbocycles. The molecule has 0 unspecified atom stereocenters. The van der Waals surface area contributed by atoms with Gasteiger partial charge < -0.3 is 10.1 Å². The topological polar surface area (TPSA) is 51.2 Å². The van der Waals surface area contributed by atoms with E-state index in [2.05, 4.69) is 31.0 Å². The van der Waals surface area contributed by atoms with Crippen molar-refractivity contribution in [1.29, 1.82) is 0 Å². The average molecular weight is 359 g/mol. The minimum Gasteiger partial charge on any atom is -0.465 e. The molecule has 0 aliphatic carbocycles. The second-order valence-electron chi connectivity index (χ2n) is 4.13. The van der Waals surface area contributed by atoms with Crippen LogP contribution in [-0.2, 0) is 4.74 Å². The summed E-state index contributed by atoms with van der Waals surface area (Å²) in [5, 5.41) is 3.54. The van der Waals surface area contributed by atoms with Crippen molar-refractivity contribution in [3.8, 4) is 0 Å². The molecule has 0 aliphatic rings. The molecular weight excluding hydrogens is 347 g/mol. The van der Waals surface area contributed by atoms with E-state index in [-0.39, 0.29) is 5.82 Å². The monoisotopic (exact) mass is 358 g/mol. The van der Waals surface area contributed by atoms with Gasteiger partial charge in [-0.1, -0.05) is 11.3 Å². The second kappa shape index (κ2) is 5.88. The number of benzene rings is 1. The predicted molar refractivity (Wildman–Crippen MR) is 80.3 cm³/mol. The van der Waals surface area contributed by atoms with Crippen LogP contribution in [0.2, 0.25) is 0 Å². The Bertz CT molecular complexity index is 673. The molecular formula is C13H12BrFN2O2S. The summed E-state index contributed by atoms with van der Waals surface area (Å²) < 4.78 is 18.6. The fourth-order valence-electron chi connectivity index (χ4n) is 1.63. The summed E-state index contributed by atoms with van der Waals surface area (Å²) in [5.41, 5.74) is 2.06. The first-order valence-corrected chi connectivity index (χ1v) is 7.31. The lowest BCUT2D eigenvalue weighted by atomic mass is 10.2. The number of rotatable bonds is 3. The number of thiazole rings is 1. The third-order valence-electron chi connectivity index (χ3n) is 2.68. The summed E-state index contributed by atoms with van der Waals surface area (Å²) in [4.78, 5) is 16.2. The predicted octanol–water partition coefficient (Wildman–Crippen LogP) is 4.19. The van der Waals surface area contributed by atoms with Gasteiger partial charge in [-0.15, -0.1) is 0 Å². The van der Waals surface area contributed by atoms with Crippen LogP contribution in [0.15, 0.2) is 16.6 Å². The first-order chi connectivity index (χ1) is 9.42. The SMILES string of the molecule is COC(=O)c1sc(Nc2cc(F)c(Br)cc2C)nc1C. The van der Waals surface area contributed by atoms with Gasteiger partial charge in [0, 0.05) is 5.69 Å². The molecule has 106 valence electrons. The number of carbonyl (C=O) groups is 1. The summed E-state index contributed by atoms with van der Waals surface area (Å²) in [6.45, 7) is 3.58. The Balaban J connectivity index is 2.31. The Labute approximate surface area is 128 Å². The molecule has 0 spiro atoms. The fraction of sp³-hybridized carbons (Fsp3) is 0.231. The van der Waals surface area contributed by atoms with Gasteiger partial charge in [0.2, 0.25) is 0 Å². The van der Waals surface area contributed by atoms with Crippen LogP contribution in [0.4, 0.5) is 15.2 Å². The molecule has 2 rings (SSSR count). The molecule has 0 aliphatic heterocycles. The Hall–Kier alpha value is -1.47. The lowest BCUT2D eigenvalue weighted by molar-refractivity contribution is 0.0605. The summed E-state index contributed by atoms with van der Waals surface area (Å²) in [6.07, 6.45) is 0. The summed E-state index contributed by atoms with van der Waals surface area (Å²) >= 11 is 4.31. The van der Waals surface area contributed by atoms with Crippen molar-refractivity contribution in [3.05, 3.63) is 38.6 Å². The average Bonchev–Trinajstić information content (AvgIpc) is 2.76. The standard InChI is InChI=1S/C13H12BrFN2O2S/c1-6-4-8(14)9(15)5-10(6)17-13-16-7(2)11(20-13)12(18)19-3/h4-5H,1-3H3,(H,16,17). The van der Waals surface area contributed by atoms with Gasteiger partial charge in [0.05, 0.1) is 17.3 Å². The van der Waals surface area contributed by atoms with Gasteiger partial charge in [0.25, 0.3) is 0 Å². The molecule has 20 heavy (non-hydrogen) atoms. The van der Waals surface area contributed by atoms with Crippen LogP contribution < -0.4 is 5.32 Å². The quantitative estimate of drug-likeness (QED) is 0.835. The highest BCUT2D eigenvalue weighted by Crippen LogP contribution is 2.30. The van der Waals surface area contributed by atoms with E-state index in [9.17, 15) is 9.18 Å². The van der Waals surface area contributed by atoms with Crippen LogP contribution in [0.1, 0.15) is 20.9 Å². The maximum Gasteiger partial charge on any atom is 0.350 e. The van der Waals surface area contributed by atoms with E-state index in [1.807, 2.05) is 6.92 Å². The lowest BCUT2D eigenvalue weighted by Gasteiger charge is -2.07. The van der Waals surface area contributed by atoms with E-state index in [0.717, 1.165) is 5.56 Å². The normalized spacial score (nSPS) is 10.4. The van der Waals surface area contributed by atoms with Crippen molar-refractivity contribution in [2.75, 3.05) is 12.4 Å². The Morgan fingerprint density at radius 2 is 2.15 bits per heavy atom. The van der Waals surface area contributed by atoms with E-state index >= 15 is 0 Å². The molecule has 1 aromatic heterocycles. The minimum atomic E-state index is -0.424. The first-order valence-electron chi connectivity index (χ1n) is 5.70. The number of carbonyl (C=O) groups excluding carboxylic acids is 1. The van der Waals surface area contributed by atoms with Gasteiger partial charge in [0.15, 0.2) is 5.13 Å². The highest BCUT2D eigenvalue weighted by atomic mass is 79.9. The van der Waals surface area contributed by atoms with Crippen LogP contribution in [0.25, 0.3) is 0 Å². The molecule has 0 atom stereocenters. The van der Waals surface area contributed by atoms with Crippen LogP contribution in [0.3, 0.4) is 0 Å². The van der Waals surface area contributed by atoms with Gasteiger partial charge >= 0.3 is 5.97 Å². The number of nitrogens with one attached hydrogen (secondary N) is 1. The zero-order chi connectivity index (χ0) is 14.9. The fourth-order valence-corrected chi connectivity index (χ4v) is 2.98. The molecule has 4 nitrogen and oxygen atoms in total. The lowest BCUT2D eigenvalue weighted by Crippen LogP contribution is -1.99. The van der Waals surface area contributed by atoms with E-state index < -0.39 is 5.97 Å². The number of aryl methyl sites for hydroxylation is 2. The zero-order valence-electron chi connectivity index (χ0n) is 11.1. The Morgan fingerprint density at radius 3 is 2.80 bits per heavy atom. The number of nitrogens with zero attached hydrogens (tertiary/aromatic N) is 1. The third-order valence-corrected chi connectivity index (χ3v) is 4.34. The van der Waals surface area contributed by atoms with Gasteiger partial charge in [-0.25, -0.2) is 14.2 Å². The molecule has 1 aromatic carbocycles.